The number of hydrogen-bond donors (Lipinski definition) is 0. The van der Waals surface area contributed by atoms with E-state index in [1.165, 1.54) is 6.07 Å². The van der Waals surface area contributed by atoms with Crippen molar-refractivity contribution in [3.05, 3.63) is 35.5 Å². The van der Waals surface area contributed by atoms with Crippen LogP contribution in [0.2, 0.25) is 0 Å². The van der Waals surface area contributed by atoms with E-state index in [4.69, 9.17) is 4.42 Å². The Balaban J connectivity index is 1.83. The molecule has 4 nitrogen and oxygen atoms in total. The van der Waals surface area contributed by atoms with Gasteiger partial charge >= 0.3 is 0 Å². The zero-order chi connectivity index (χ0) is 14.1. The molecular weight excluding hydrogens is 257 g/mol. The molecule has 0 unspecified atom stereocenters. The van der Waals surface area contributed by atoms with Gasteiger partial charge in [0, 0.05) is 5.92 Å². The van der Waals surface area contributed by atoms with Gasteiger partial charge in [-0.2, -0.15) is 0 Å². The maximum absolute atomic E-state index is 13.9. The fourth-order valence-corrected chi connectivity index (χ4v) is 2.56. The third-order valence-electron chi connectivity index (χ3n) is 3.86. The summed E-state index contributed by atoms with van der Waals surface area (Å²) in [5.74, 6) is 0.883. The minimum atomic E-state index is -0.316. The fourth-order valence-electron chi connectivity index (χ4n) is 2.56. The lowest BCUT2D eigenvalue weighted by Crippen LogP contribution is -2.29. The number of hydrogen-bond acceptors (Lipinski definition) is 4. The molecule has 3 rings (SSSR count). The zero-order valence-corrected chi connectivity index (χ0v) is 11.8. The van der Waals surface area contributed by atoms with Crippen molar-refractivity contribution in [2.75, 3.05) is 20.1 Å². The van der Waals surface area contributed by atoms with Crippen LogP contribution in [-0.2, 0) is 0 Å². The first-order valence-electron chi connectivity index (χ1n) is 6.92. The Morgan fingerprint density at radius 2 is 2.00 bits per heavy atom. The van der Waals surface area contributed by atoms with Crippen molar-refractivity contribution < 1.29 is 8.81 Å². The second kappa shape index (κ2) is 5.32. The molecule has 0 bridgehead atoms. The van der Waals surface area contributed by atoms with E-state index in [0.717, 1.165) is 31.5 Å². The van der Waals surface area contributed by atoms with Crippen molar-refractivity contribution in [3.63, 3.8) is 0 Å². The minimum Gasteiger partial charge on any atom is -0.420 e. The fraction of sp³-hybridized carbons (Fsp3) is 0.467. The molecule has 106 valence electrons. The van der Waals surface area contributed by atoms with E-state index in [1.54, 1.807) is 6.07 Å². The molecule has 5 heteroatoms. The molecule has 1 aromatic heterocycles. The van der Waals surface area contributed by atoms with Crippen molar-refractivity contribution in [1.82, 2.24) is 15.1 Å². The van der Waals surface area contributed by atoms with Crippen molar-refractivity contribution in [2.24, 2.45) is 0 Å². The number of aromatic nitrogens is 2. The summed E-state index contributed by atoms with van der Waals surface area (Å²) in [7, 11) is 2.11. The molecule has 1 aliphatic rings. The maximum atomic E-state index is 13.9. The molecular formula is C15H18FN3O. The van der Waals surface area contributed by atoms with E-state index in [9.17, 15) is 4.39 Å². The average molecular weight is 275 g/mol. The second-order valence-electron chi connectivity index (χ2n) is 5.51. The summed E-state index contributed by atoms with van der Waals surface area (Å²) in [6.45, 7) is 3.91. The highest BCUT2D eigenvalue weighted by Crippen LogP contribution is 2.29. The lowest BCUT2D eigenvalue weighted by molar-refractivity contribution is 0.237. The van der Waals surface area contributed by atoms with Gasteiger partial charge in [0.15, 0.2) is 0 Å². The van der Waals surface area contributed by atoms with E-state index in [0.29, 0.717) is 17.4 Å². The Morgan fingerprint density at radius 1 is 1.25 bits per heavy atom. The first kappa shape index (κ1) is 13.2. The van der Waals surface area contributed by atoms with Crippen LogP contribution < -0.4 is 0 Å². The molecule has 0 saturated carbocycles. The maximum Gasteiger partial charge on any atom is 0.250 e. The van der Waals surface area contributed by atoms with E-state index in [1.807, 2.05) is 13.0 Å². The third kappa shape index (κ3) is 2.58. The van der Waals surface area contributed by atoms with Crippen molar-refractivity contribution in [1.29, 1.82) is 0 Å². The van der Waals surface area contributed by atoms with Gasteiger partial charge in [0.05, 0.1) is 5.56 Å². The molecule has 1 saturated heterocycles. The van der Waals surface area contributed by atoms with Gasteiger partial charge in [-0.05, 0) is 57.6 Å². The monoisotopic (exact) mass is 275 g/mol. The Morgan fingerprint density at radius 3 is 2.70 bits per heavy atom. The molecule has 1 aromatic carbocycles. The lowest BCUT2D eigenvalue weighted by atomic mass is 9.97. The van der Waals surface area contributed by atoms with Crippen molar-refractivity contribution >= 4 is 0 Å². The van der Waals surface area contributed by atoms with Crippen molar-refractivity contribution in [3.8, 4) is 11.5 Å². The summed E-state index contributed by atoms with van der Waals surface area (Å²) in [6.07, 6.45) is 2.02. The normalized spacial score (nSPS) is 17.6. The van der Waals surface area contributed by atoms with Crippen LogP contribution in [0.25, 0.3) is 11.5 Å². The van der Waals surface area contributed by atoms with Crippen LogP contribution in [0.5, 0.6) is 0 Å². The average Bonchev–Trinajstić information content (AvgIpc) is 2.89. The van der Waals surface area contributed by atoms with Crippen LogP contribution in [0.15, 0.2) is 22.6 Å². The zero-order valence-electron chi connectivity index (χ0n) is 11.8. The molecule has 0 atom stereocenters. The van der Waals surface area contributed by atoms with E-state index in [-0.39, 0.29) is 11.7 Å². The third-order valence-corrected chi connectivity index (χ3v) is 3.86. The summed E-state index contributed by atoms with van der Waals surface area (Å²) in [4.78, 5) is 2.29. The smallest absolute Gasteiger partial charge is 0.250 e. The topological polar surface area (TPSA) is 42.2 Å². The van der Waals surface area contributed by atoms with Gasteiger partial charge in [-0.25, -0.2) is 4.39 Å². The first-order valence-corrected chi connectivity index (χ1v) is 6.92. The number of aryl methyl sites for hydroxylation is 1. The van der Waals surface area contributed by atoms with Gasteiger partial charge in [0.2, 0.25) is 5.89 Å². The highest BCUT2D eigenvalue weighted by Gasteiger charge is 2.24. The molecule has 0 N–H and O–H groups in total. The first-order chi connectivity index (χ1) is 9.63. The molecule has 1 aliphatic heterocycles. The summed E-state index contributed by atoms with van der Waals surface area (Å²) < 4.78 is 19.6. The quantitative estimate of drug-likeness (QED) is 0.845. The predicted octanol–water partition coefficient (Wildman–Crippen LogP) is 2.99. The molecule has 2 heterocycles. The molecule has 1 fully saturated rings. The highest BCUT2D eigenvalue weighted by molar-refractivity contribution is 5.54. The second-order valence-corrected chi connectivity index (χ2v) is 5.51. The van der Waals surface area contributed by atoms with Crippen LogP contribution in [-0.4, -0.2) is 35.2 Å². The molecule has 0 spiro atoms. The van der Waals surface area contributed by atoms with E-state index in [2.05, 4.69) is 22.1 Å². The van der Waals surface area contributed by atoms with Crippen LogP contribution in [0.4, 0.5) is 4.39 Å². The SMILES string of the molecule is Cc1ccc(-c2nnc(C3CCN(C)CC3)o2)c(F)c1. The van der Waals surface area contributed by atoms with Gasteiger partial charge in [0.25, 0.3) is 5.89 Å². The van der Waals surface area contributed by atoms with Gasteiger partial charge in [-0.1, -0.05) is 6.07 Å². The minimum absolute atomic E-state index is 0.274. The van der Waals surface area contributed by atoms with Gasteiger partial charge in [-0.3, -0.25) is 0 Å². The number of halogens is 1. The number of benzene rings is 1. The van der Waals surface area contributed by atoms with Crippen LogP contribution in [0, 0.1) is 12.7 Å². The summed E-state index contributed by atoms with van der Waals surface area (Å²) in [5, 5.41) is 8.10. The summed E-state index contributed by atoms with van der Waals surface area (Å²) in [5.41, 5.74) is 1.25. The molecule has 0 radical (unpaired) electrons. The largest absolute Gasteiger partial charge is 0.420 e. The number of rotatable bonds is 2. The Kier molecular flexibility index (Phi) is 3.53. The Hall–Kier alpha value is -1.75. The predicted molar refractivity (Wildman–Crippen MR) is 73.9 cm³/mol. The van der Waals surface area contributed by atoms with Gasteiger partial charge in [-0.15, -0.1) is 10.2 Å². The lowest BCUT2D eigenvalue weighted by Gasteiger charge is -2.26. The number of nitrogens with zero attached hydrogens (tertiary/aromatic N) is 3. The highest BCUT2D eigenvalue weighted by atomic mass is 19.1. The van der Waals surface area contributed by atoms with Gasteiger partial charge < -0.3 is 9.32 Å². The Labute approximate surface area is 117 Å². The van der Waals surface area contributed by atoms with E-state index < -0.39 is 0 Å². The number of piperidine rings is 1. The molecule has 20 heavy (non-hydrogen) atoms. The summed E-state index contributed by atoms with van der Waals surface area (Å²) >= 11 is 0. The number of likely N-dealkylation sites (tertiary alicyclic amines) is 1. The Bertz CT molecular complexity index is 603. The van der Waals surface area contributed by atoms with Crippen molar-refractivity contribution in [2.45, 2.75) is 25.7 Å². The molecule has 2 aromatic rings. The van der Waals surface area contributed by atoms with E-state index >= 15 is 0 Å². The van der Waals surface area contributed by atoms with Gasteiger partial charge in [0.1, 0.15) is 5.82 Å². The van der Waals surface area contributed by atoms with Crippen LogP contribution in [0.3, 0.4) is 0 Å². The summed E-state index contributed by atoms with van der Waals surface area (Å²) in [6, 6.07) is 5.02. The van der Waals surface area contributed by atoms with Crippen LogP contribution >= 0.6 is 0 Å². The molecule has 0 amide bonds. The molecule has 0 aliphatic carbocycles. The van der Waals surface area contributed by atoms with Crippen LogP contribution in [0.1, 0.15) is 30.2 Å². The standard InChI is InChI=1S/C15H18FN3O/c1-10-3-4-12(13(16)9-10)15-18-17-14(20-15)11-5-7-19(2)8-6-11/h3-4,9,11H,5-8H2,1-2H3.